The van der Waals surface area contributed by atoms with Gasteiger partial charge in [0, 0.05) is 37.8 Å². The second kappa shape index (κ2) is 8.61. The highest BCUT2D eigenvalue weighted by atomic mass is 32.2. The number of carbonyl (C=O) groups is 1. The minimum absolute atomic E-state index is 0.0513. The molecule has 2 aliphatic carbocycles. The molecule has 2 fully saturated rings. The number of rotatable bonds is 5. The lowest BCUT2D eigenvalue weighted by Crippen LogP contribution is -2.47. The zero-order valence-electron chi connectivity index (χ0n) is 18.6. The zero-order chi connectivity index (χ0) is 22.3. The maximum absolute atomic E-state index is 13.7. The number of aryl methyl sites for hydroxylation is 1. The minimum atomic E-state index is -3.61. The third-order valence-electron chi connectivity index (χ3n) is 7.03. The maximum Gasteiger partial charge on any atom is 0.254 e. The number of hydrogen-bond donors (Lipinski definition) is 0. The lowest BCUT2D eigenvalue weighted by atomic mass is 9.86. The van der Waals surface area contributed by atoms with Crippen molar-refractivity contribution >= 4 is 15.9 Å². The van der Waals surface area contributed by atoms with Gasteiger partial charge in [-0.1, -0.05) is 30.3 Å². The number of amides is 1. The van der Waals surface area contributed by atoms with Crippen LogP contribution in [0.4, 0.5) is 0 Å². The van der Waals surface area contributed by atoms with E-state index < -0.39 is 10.0 Å². The number of piperazine rings is 1. The van der Waals surface area contributed by atoms with E-state index in [1.54, 1.807) is 24.3 Å². The van der Waals surface area contributed by atoms with Gasteiger partial charge in [-0.15, -0.1) is 0 Å². The molecule has 0 spiro atoms. The summed E-state index contributed by atoms with van der Waals surface area (Å²) >= 11 is 0. The summed E-state index contributed by atoms with van der Waals surface area (Å²) in [5.41, 5.74) is 3.05. The first-order valence-electron chi connectivity index (χ1n) is 11.6. The first kappa shape index (κ1) is 21.6. The van der Waals surface area contributed by atoms with E-state index in [1.807, 2.05) is 11.9 Å². The van der Waals surface area contributed by atoms with E-state index >= 15 is 0 Å². The fourth-order valence-electron chi connectivity index (χ4n) is 5.05. The second-order valence-electron chi connectivity index (χ2n) is 9.29. The molecule has 1 saturated heterocycles. The Hall–Kier alpha value is -2.22. The van der Waals surface area contributed by atoms with Crippen LogP contribution in [0.3, 0.4) is 0 Å². The Kier molecular flexibility index (Phi) is 5.82. The molecular formula is C25H31N3O3S. The van der Waals surface area contributed by atoms with Crippen LogP contribution in [-0.2, 0) is 16.4 Å². The van der Waals surface area contributed by atoms with Crippen molar-refractivity contribution in [1.29, 1.82) is 0 Å². The normalized spacial score (nSPS) is 22.3. The average molecular weight is 454 g/mol. The van der Waals surface area contributed by atoms with Crippen LogP contribution in [0.15, 0.2) is 53.4 Å². The molecule has 1 unspecified atom stereocenters. The minimum Gasteiger partial charge on any atom is -0.329 e. The highest BCUT2D eigenvalue weighted by Crippen LogP contribution is 2.41. The number of nitrogens with zero attached hydrogens (tertiary/aromatic N) is 3. The van der Waals surface area contributed by atoms with Gasteiger partial charge < -0.3 is 9.80 Å². The molecule has 7 heteroatoms. The van der Waals surface area contributed by atoms with Crippen LogP contribution in [-0.4, -0.2) is 67.7 Å². The molecule has 1 amide bonds. The van der Waals surface area contributed by atoms with Crippen LogP contribution in [0, 0.1) is 0 Å². The van der Waals surface area contributed by atoms with Gasteiger partial charge in [0.25, 0.3) is 5.91 Å². The molecule has 2 aromatic carbocycles. The maximum atomic E-state index is 13.7. The molecule has 1 aliphatic heterocycles. The molecule has 6 nitrogen and oxygen atoms in total. The smallest absolute Gasteiger partial charge is 0.254 e. The molecule has 0 aromatic heterocycles. The summed E-state index contributed by atoms with van der Waals surface area (Å²) in [4.78, 5) is 18.1. The predicted octanol–water partition coefficient (Wildman–Crippen LogP) is 3.30. The number of carbonyl (C=O) groups excluding carboxylic acids is 1. The number of sulfonamides is 1. The summed E-state index contributed by atoms with van der Waals surface area (Å²) in [6, 6.07) is 15.4. The summed E-state index contributed by atoms with van der Waals surface area (Å²) in [5, 5.41) is 0. The average Bonchev–Trinajstić information content (AvgIpc) is 3.65. The Morgan fingerprint density at radius 3 is 2.47 bits per heavy atom. The largest absolute Gasteiger partial charge is 0.329 e. The molecule has 0 bridgehead atoms. The lowest BCUT2D eigenvalue weighted by Gasteiger charge is -2.36. The standard InChI is InChI=1S/C25H31N3O3S/c1-26-14-16-27(17-15-26)32(30,31)22-9-4-8-20(18-22)25(29)28(21-12-13-21)24-11-5-7-19-6-2-3-10-23(19)24/h2-4,6,8-10,18,21,24H,5,7,11-17H2,1H3. The van der Waals surface area contributed by atoms with Gasteiger partial charge in [-0.25, -0.2) is 8.42 Å². The van der Waals surface area contributed by atoms with Crippen LogP contribution < -0.4 is 0 Å². The van der Waals surface area contributed by atoms with Crippen molar-refractivity contribution in [3.63, 3.8) is 0 Å². The second-order valence-corrected chi connectivity index (χ2v) is 11.2. The Bertz CT molecular complexity index is 1100. The summed E-state index contributed by atoms with van der Waals surface area (Å²) in [6.45, 7) is 2.39. The molecule has 5 rings (SSSR count). The molecule has 32 heavy (non-hydrogen) atoms. The Morgan fingerprint density at radius 1 is 0.969 bits per heavy atom. The number of hydrogen-bond acceptors (Lipinski definition) is 4. The predicted molar refractivity (Wildman–Crippen MR) is 124 cm³/mol. The van der Waals surface area contributed by atoms with Crippen LogP contribution in [0.2, 0.25) is 0 Å². The van der Waals surface area contributed by atoms with Crippen molar-refractivity contribution in [2.45, 2.75) is 49.1 Å². The third kappa shape index (κ3) is 4.09. The number of benzene rings is 2. The van der Waals surface area contributed by atoms with Crippen LogP contribution in [0.1, 0.15) is 53.2 Å². The summed E-state index contributed by atoms with van der Waals surface area (Å²) in [5.74, 6) is -0.0513. The number of likely N-dealkylation sites (N-methyl/N-ethyl adjacent to an activating group) is 1. The molecule has 1 heterocycles. The molecule has 1 saturated carbocycles. The Labute approximate surface area is 190 Å². The van der Waals surface area contributed by atoms with Crippen molar-refractivity contribution in [2.24, 2.45) is 0 Å². The summed E-state index contributed by atoms with van der Waals surface area (Å²) in [6.07, 6.45) is 5.11. The van der Waals surface area contributed by atoms with Crippen LogP contribution in [0.25, 0.3) is 0 Å². The van der Waals surface area contributed by atoms with Gasteiger partial charge >= 0.3 is 0 Å². The molecule has 3 aliphatic rings. The Morgan fingerprint density at radius 2 is 1.72 bits per heavy atom. The van der Waals surface area contributed by atoms with Crippen molar-refractivity contribution in [3.8, 4) is 0 Å². The van der Waals surface area contributed by atoms with E-state index in [-0.39, 0.29) is 22.9 Å². The Balaban J connectivity index is 1.44. The van der Waals surface area contributed by atoms with Gasteiger partial charge in [-0.3, -0.25) is 4.79 Å². The van der Waals surface area contributed by atoms with Gasteiger partial charge in [-0.05, 0) is 68.5 Å². The van der Waals surface area contributed by atoms with E-state index in [0.29, 0.717) is 31.7 Å². The molecule has 170 valence electrons. The monoisotopic (exact) mass is 453 g/mol. The number of fused-ring (bicyclic) bond motifs is 1. The van der Waals surface area contributed by atoms with E-state index in [1.165, 1.54) is 15.4 Å². The van der Waals surface area contributed by atoms with Gasteiger partial charge in [-0.2, -0.15) is 4.31 Å². The summed E-state index contributed by atoms with van der Waals surface area (Å²) < 4.78 is 28.0. The molecule has 1 atom stereocenters. The molecule has 0 N–H and O–H groups in total. The van der Waals surface area contributed by atoms with Crippen LogP contribution in [0.5, 0.6) is 0 Å². The van der Waals surface area contributed by atoms with Crippen molar-refractivity contribution in [2.75, 3.05) is 33.2 Å². The van der Waals surface area contributed by atoms with E-state index in [2.05, 4.69) is 29.2 Å². The van der Waals surface area contributed by atoms with Gasteiger partial charge in [0.2, 0.25) is 10.0 Å². The topological polar surface area (TPSA) is 60.9 Å². The van der Waals surface area contributed by atoms with Crippen molar-refractivity contribution in [1.82, 2.24) is 14.1 Å². The van der Waals surface area contributed by atoms with E-state index in [9.17, 15) is 13.2 Å². The third-order valence-corrected chi connectivity index (χ3v) is 8.92. The van der Waals surface area contributed by atoms with Gasteiger partial charge in [0.05, 0.1) is 10.9 Å². The molecular weight excluding hydrogens is 422 g/mol. The van der Waals surface area contributed by atoms with Crippen molar-refractivity contribution < 1.29 is 13.2 Å². The fraction of sp³-hybridized carbons (Fsp3) is 0.480. The van der Waals surface area contributed by atoms with E-state index in [4.69, 9.17) is 0 Å². The SMILES string of the molecule is CN1CCN(S(=O)(=O)c2cccc(C(=O)N(C3CC3)C3CCCc4ccccc43)c2)CC1. The highest BCUT2D eigenvalue weighted by Gasteiger charge is 2.40. The molecule has 2 aromatic rings. The van der Waals surface area contributed by atoms with Crippen LogP contribution >= 0.6 is 0 Å². The summed E-state index contributed by atoms with van der Waals surface area (Å²) in [7, 11) is -1.61. The first-order chi connectivity index (χ1) is 15.4. The first-order valence-corrected chi connectivity index (χ1v) is 13.1. The molecule has 0 radical (unpaired) electrons. The lowest BCUT2D eigenvalue weighted by molar-refractivity contribution is 0.0637. The fourth-order valence-corrected chi connectivity index (χ4v) is 6.52. The van der Waals surface area contributed by atoms with E-state index in [0.717, 1.165) is 32.1 Å². The van der Waals surface area contributed by atoms with Crippen molar-refractivity contribution in [3.05, 3.63) is 65.2 Å². The van der Waals surface area contributed by atoms with Gasteiger partial charge in [0.1, 0.15) is 0 Å². The quantitative estimate of drug-likeness (QED) is 0.697. The highest BCUT2D eigenvalue weighted by molar-refractivity contribution is 7.89. The zero-order valence-corrected chi connectivity index (χ0v) is 19.4. The van der Waals surface area contributed by atoms with Gasteiger partial charge in [0.15, 0.2) is 0 Å².